The van der Waals surface area contributed by atoms with E-state index in [4.69, 9.17) is 0 Å². The Morgan fingerprint density at radius 3 is 2.75 bits per heavy atom. The van der Waals surface area contributed by atoms with Gasteiger partial charge in [-0.15, -0.1) is 0 Å². The number of hydrogen-bond acceptors (Lipinski definition) is 2. The minimum absolute atomic E-state index is 0.152. The lowest BCUT2D eigenvalue weighted by atomic mass is 10.0. The van der Waals surface area contributed by atoms with Crippen LogP contribution in [0.2, 0.25) is 0 Å². The lowest BCUT2D eigenvalue weighted by Gasteiger charge is -2.02. The molecule has 0 radical (unpaired) electrons. The molecule has 1 atom stereocenters. The Morgan fingerprint density at radius 1 is 1.50 bits per heavy atom. The summed E-state index contributed by atoms with van der Waals surface area (Å²) in [4.78, 5) is 11.2. The van der Waals surface area contributed by atoms with Gasteiger partial charge in [0, 0.05) is 18.2 Å². The summed E-state index contributed by atoms with van der Waals surface area (Å²) in [5.41, 5.74) is 2.00. The van der Waals surface area contributed by atoms with Crippen molar-refractivity contribution in [2.45, 2.75) is 13.0 Å². The third kappa shape index (κ3) is 1.25. The van der Waals surface area contributed by atoms with E-state index in [1.807, 2.05) is 24.3 Å². The van der Waals surface area contributed by atoms with Crippen LogP contribution < -0.4 is 5.32 Å². The number of rotatable bonds is 2. The van der Waals surface area contributed by atoms with Gasteiger partial charge in [0.25, 0.3) is 0 Å². The predicted molar refractivity (Wildman–Crippen MR) is 47.2 cm³/mol. The largest absolute Gasteiger partial charge is 0.307 e. The van der Waals surface area contributed by atoms with E-state index in [1.165, 1.54) is 0 Å². The second kappa shape index (κ2) is 2.72. The summed E-state index contributed by atoms with van der Waals surface area (Å²) in [5.74, 6) is 0.152. The van der Waals surface area contributed by atoms with Gasteiger partial charge in [-0.3, -0.25) is 4.79 Å². The molecule has 1 saturated heterocycles. The molecule has 62 valence electrons. The Hall–Kier alpha value is -1.15. The zero-order valence-corrected chi connectivity index (χ0v) is 7.00. The Bertz CT molecular complexity index is 315. The second-order valence-corrected chi connectivity index (χ2v) is 3.10. The molecular formula is C10H11NO. The van der Waals surface area contributed by atoms with Crippen LogP contribution in [0.15, 0.2) is 24.3 Å². The third-order valence-corrected chi connectivity index (χ3v) is 2.12. The normalized spacial score (nSPS) is 20.6. The quantitative estimate of drug-likeness (QED) is 0.527. The number of carbonyl (C=O) groups excluding carboxylic acids is 1. The van der Waals surface area contributed by atoms with Crippen LogP contribution in [0.25, 0.3) is 0 Å². The Morgan fingerprint density at radius 2 is 2.17 bits per heavy atom. The van der Waals surface area contributed by atoms with Crippen molar-refractivity contribution in [1.29, 1.82) is 0 Å². The van der Waals surface area contributed by atoms with Crippen LogP contribution in [-0.4, -0.2) is 12.3 Å². The van der Waals surface area contributed by atoms with E-state index < -0.39 is 0 Å². The number of benzene rings is 1. The molecule has 0 bridgehead atoms. The van der Waals surface area contributed by atoms with E-state index in [2.05, 4.69) is 5.32 Å². The highest BCUT2D eigenvalue weighted by Crippen LogP contribution is 2.24. The van der Waals surface area contributed by atoms with E-state index in [0.717, 1.165) is 17.7 Å². The van der Waals surface area contributed by atoms with E-state index in [1.54, 1.807) is 6.92 Å². The summed E-state index contributed by atoms with van der Waals surface area (Å²) in [7, 11) is 0. The highest BCUT2D eigenvalue weighted by atomic mass is 16.1. The number of hydrogen-bond donors (Lipinski definition) is 1. The molecule has 2 heteroatoms. The average molecular weight is 161 g/mol. The molecule has 12 heavy (non-hydrogen) atoms. The minimum Gasteiger partial charge on any atom is -0.307 e. The summed E-state index contributed by atoms with van der Waals surface area (Å²) in [5, 5.41) is 3.19. The first kappa shape index (κ1) is 7.50. The lowest BCUT2D eigenvalue weighted by Crippen LogP contribution is -1.98. The SMILES string of the molecule is CC(=O)c1ccccc1[C@H]1CN1. The third-order valence-electron chi connectivity index (χ3n) is 2.12. The summed E-state index contributed by atoms with van der Waals surface area (Å²) in [6, 6.07) is 8.20. The molecular weight excluding hydrogens is 150 g/mol. The van der Waals surface area contributed by atoms with Crippen molar-refractivity contribution in [3.05, 3.63) is 35.4 Å². The summed E-state index contributed by atoms with van der Waals surface area (Å²) < 4.78 is 0. The van der Waals surface area contributed by atoms with Gasteiger partial charge in [0.15, 0.2) is 5.78 Å². The lowest BCUT2D eigenvalue weighted by molar-refractivity contribution is 0.101. The van der Waals surface area contributed by atoms with Crippen LogP contribution in [0.5, 0.6) is 0 Å². The zero-order valence-electron chi connectivity index (χ0n) is 7.00. The van der Waals surface area contributed by atoms with E-state index >= 15 is 0 Å². The van der Waals surface area contributed by atoms with Crippen molar-refractivity contribution < 1.29 is 4.79 Å². The number of carbonyl (C=O) groups is 1. The van der Waals surface area contributed by atoms with Gasteiger partial charge in [-0.25, -0.2) is 0 Å². The van der Waals surface area contributed by atoms with Gasteiger partial charge in [0.1, 0.15) is 0 Å². The zero-order chi connectivity index (χ0) is 8.55. The van der Waals surface area contributed by atoms with Gasteiger partial charge in [-0.05, 0) is 12.5 Å². The van der Waals surface area contributed by atoms with Gasteiger partial charge >= 0.3 is 0 Å². The maximum absolute atomic E-state index is 11.2. The highest BCUT2D eigenvalue weighted by Gasteiger charge is 2.25. The molecule has 1 fully saturated rings. The molecule has 0 aromatic heterocycles. The van der Waals surface area contributed by atoms with E-state index in [0.29, 0.717) is 6.04 Å². The standard InChI is InChI=1S/C10H11NO/c1-7(12)8-4-2-3-5-9(8)10-6-11-10/h2-5,10-11H,6H2,1H3/t10-/m1/s1. The molecule has 0 aliphatic carbocycles. The van der Waals surface area contributed by atoms with Crippen LogP contribution in [0.3, 0.4) is 0 Å². The molecule has 1 aromatic carbocycles. The van der Waals surface area contributed by atoms with Gasteiger partial charge in [0.2, 0.25) is 0 Å². The van der Waals surface area contributed by atoms with Crippen molar-refractivity contribution in [2.75, 3.05) is 6.54 Å². The van der Waals surface area contributed by atoms with Crippen LogP contribution in [-0.2, 0) is 0 Å². The molecule has 1 heterocycles. The van der Waals surface area contributed by atoms with Crippen LogP contribution in [0.4, 0.5) is 0 Å². The smallest absolute Gasteiger partial charge is 0.160 e. The average Bonchev–Trinajstić information content (AvgIpc) is 2.87. The van der Waals surface area contributed by atoms with Crippen molar-refractivity contribution in [3.63, 3.8) is 0 Å². The predicted octanol–water partition coefficient (Wildman–Crippen LogP) is 1.53. The fraction of sp³-hybridized carbons (Fsp3) is 0.300. The Balaban J connectivity index is 2.43. The fourth-order valence-electron chi connectivity index (χ4n) is 1.40. The van der Waals surface area contributed by atoms with Crippen molar-refractivity contribution in [3.8, 4) is 0 Å². The summed E-state index contributed by atoms with van der Waals surface area (Å²) >= 11 is 0. The van der Waals surface area contributed by atoms with Crippen LogP contribution in [0, 0.1) is 0 Å². The van der Waals surface area contributed by atoms with Crippen LogP contribution in [0.1, 0.15) is 28.9 Å². The molecule has 1 aliphatic rings. The highest BCUT2D eigenvalue weighted by molar-refractivity contribution is 5.95. The first-order valence-electron chi connectivity index (χ1n) is 4.12. The number of Topliss-reactive ketones (excluding diaryl/α,β-unsaturated/α-hetero) is 1. The van der Waals surface area contributed by atoms with E-state index in [9.17, 15) is 4.79 Å². The second-order valence-electron chi connectivity index (χ2n) is 3.10. The first-order chi connectivity index (χ1) is 5.79. The Labute approximate surface area is 71.6 Å². The molecule has 1 aliphatic heterocycles. The maximum Gasteiger partial charge on any atom is 0.160 e. The minimum atomic E-state index is 0.152. The number of nitrogens with one attached hydrogen (secondary N) is 1. The van der Waals surface area contributed by atoms with E-state index in [-0.39, 0.29) is 5.78 Å². The number of ketones is 1. The van der Waals surface area contributed by atoms with Gasteiger partial charge in [-0.1, -0.05) is 24.3 Å². The fourth-order valence-corrected chi connectivity index (χ4v) is 1.40. The monoisotopic (exact) mass is 161 g/mol. The Kier molecular flexibility index (Phi) is 1.70. The molecule has 0 unspecified atom stereocenters. The molecule has 0 spiro atoms. The molecule has 1 N–H and O–H groups in total. The summed E-state index contributed by atoms with van der Waals surface area (Å²) in [6.45, 7) is 2.62. The topological polar surface area (TPSA) is 39.0 Å². The van der Waals surface area contributed by atoms with Gasteiger partial charge in [0.05, 0.1) is 0 Å². The van der Waals surface area contributed by atoms with Crippen LogP contribution >= 0.6 is 0 Å². The molecule has 0 amide bonds. The molecule has 0 saturated carbocycles. The van der Waals surface area contributed by atoms with Gasteiger partial charge < -0.3 is 5.32 Å². The van der Waals surface area contributed by atoms with Crippen molar-refractivity contribution in [1.82, 2.24) is 5.32 Å². The molecule has 1 aromatic rings. The van der Waals surface area contributed by atoms with Crippen molar-refractivity contribution in [2.24, 2.45) is 0 Å². The molecule has 2 rings (SSSR count). The first-order valence-corrected chi connectivity index (χ1v) is 4.12. The summed E-state index contributed by atoms with van der Waals surface area (Å²) in [6.07, 6.45) is 0. The molecule has 2 nitrogen and oxygen atoms in total. The van der Waals surface area contributed by atoms with Crippen molar-refractivity contribution >= 4 is 5.78 Å². The van der Waals surface area contributed by atoms with Gasteiger partial charge in [-0.2, -0.15) is 0 Å². The maximum atomic E-state index is 11.2.